The number of ether oxygens (including phenoxy) is 1. The minimum absolute atomic E-state index is 0.0135. The summed E-state index contributed by atoms with van der Waals surface area (Å²) >= 11 is 0. The highest BCUT2D eigenvalue weighted by atomic mass is 19.4. The normalized spacial score (nSPS) is 15.9. The predicted octanol–water partition coefficient (Wildman–Crippen LogP) is 4.54. The molecular weight excluding hydrogens is 359 g/mol. The van der Waals surface area contributed by atoms with Crippen molar-refractivity contribution in [1.82, 2.24) is 4.90 Å². The van der Waals surface area contributed by atoms with E-state index in [4.69, 9.17) is 4.74 Å². The fraction of sp³-hybridized carbons (Fsp3) is 0.600. The van der Waals surface area contributed by atoms with E-state index < -0.39 is 17.6 Å². The second-order valence-corrected chi connectivity index (χ2v) is 7.35. The highest BCUT2D eigenvalue weighted by Gasteiger charge is 2.32. The van der Waals surface area contributed by atoms with Gasteiger partial charge < -0.3 is 9.64 Å². The maximum absolute atomic E-state index is 12.8. The molecule has 0 atom stereocenters. The quantitative estimate of drug-likeness (QED) is 0.534. The van der Waals surface area contributed by atoms with Crippen LogP contribution >= 0.6 is 0 Å². The third-order valence-electron chi connectivity index (χ3n) is 4.72. The summed E-state index contributed by atoms with van der Waals surface area (Å²) in [6, 6.07) is 4.43. The van der Waals surface area contributed by atoms with Crippen molar-refractivity contribution in [2.45, 2.75) is 45.7 Å². The number of rotatable bonds is 6. The van der Waals surface area contributed by atoms with Gasteiger partial charge in [0.15, 0.2) is 0 Å². The van der Waals surface area contributed by atoms with Gasteiger partial charge in [0.1, 0.15) is 0 Å². The summed E-state index contributed by atoms with van der Waals surface area (Å²) in [7, 11) is 0. The first kappa shape index (κ1) is 21.3. The molecule has 0 spiro atoms. The second-order valence-electron chi connectivity index (χ2n) is 7.35. The lowest BCUT2D eigenvalue weighted by Gasteiger charge is -2.31. The van der Waals surface area contributed by atoms with Crippen LogP contribution in [0.5, 0.6) is 0 Å². The second kappa shape index (κ2) is 9.24. The van der Waals surface area contributed by atoms with Crippen molar-refractivity contribution in [1.29, 1.82) is 0 Å². The Hall–Kier alpha value is -2.05. The van der Waals surface area contributed by atoms with Gasteiger partial charge in [-0.3, -0.25) is 9.59 Å². The van der Waals surface area contributed by atoms with Gasteiger partial charge in [0.25, 0.3) is 5.91 Å². The molecule has 1 amide bonds. The van der Waals surface area contributed by atoms with Crippen molar-refractivity contribution < 1.29 is 27.5 Å². The molecule has 0 radical (unpaired) electrons. The number of hydrogen-bond donors (Lipinski definition) is 0. The molecular formula is C20H26F3NO3. The highest BCUT2D eigenvalue weighted by Crippen LogP contribution is 2.30. The van der Waals surface area contributed by atoms with E-state index in [0.717, 1.165) is 25.0 Å². The summed E-state index contributed by atoms with van der Waals surface area (Å²) in [6.45, 7) is 5.29. The molecule has 0 N–H and O–H groups in total. The molecule has 150 valence electrons. The number of carbonyl (C=O) groups is 2. The summed E-state index contributed by atoms with van der Waals surface area (Å²) in [4.78, 5) is 26.1. The Balaban J connectivity index is 1.84. The Morgan fingerprint density at radius 2 is 1.89 bits per heavy atom. The van der Waals surface area contributed by atoms with Crippen molar-refractivity contribution in [2.24, 2.45) is 11.8 Å². The number of hydrogen-bond acceptors (Lipinski definition) is 3. The van der Waals surface area contributed by atoms with E-state index in [2.05, 4.69) is 13.8 Å². The number of likely N-dealkylation sites (tertiary alicyclic amines) is 1. The van der Waals surface area contributed by atoms with Crippen LogP contribution in [-0.4, -0.2) is 36.5 Å². The van der Waals surface area contributed by atoms with Gasteiger partial charge in [-0.2, -0.15) is 13.2 Å². The summed E-state index contributed by atoms with van der Waals surface area (Å²) in [5, 5.41) is 0. The smallest absolute Gasteiger partial charge is 0.416 e. The molecule has 27 heavy (non-hydrogen) atoms. The van der Waals surface area contributed by atoms with E-state index in [-0.39, 0.29) is 17.5 Å². The van der Waals surface area contributed by atoms with E-state index in [1.54, 1.807) is 0 Å². The van der Waals surface area contributed by atoms with Crippen molar-refractivity contribution in [3.05, 3.63) is 35.4 Å². The number of carbonyl (C=O) groups excluding carboxylic acids is 2. The fourth-order valence-electron chi connectivity index (χ4n) is 3.11. The summed E-state index contributed by atoms with van der Waals surface area (Å²) < 4.78 is 43.7. The largest absolute Gasteiger partial charge is 0.465 e. The van der Waals surface area contributed by atoms with Crippen LogP contribution in [0, 0.1) is 11.8 Å². The molecule has 1 aromatic carbocycles. The van der Waals surface area contributed by atoms with Crippen LogP contribution in [0.4, 0.5) is 13.2 Å². The number of benzene rings is 1. The van der Waals surface area contributed by atoms with Crippen molar-refractivity contribution in [3.63, 3.8) is 0 Å². The van der Waals surface area contributed by atoms with Gasteiger partial charge in [-0.1, -0.05) is 19.9 Å². The van der Waals surface area contributed by atoms with E-state index in [1.807, 2.05) is 0 Å². The number of amides is 1. The predicted molar refractivity (Wildman–Crippen MR) is 95.1 cm³/mol. The molecule has 1 heterocycles. The maximum atomic E-state index is 12.8. The monoisotopic (exact) mass is 385 g/mol. The zero-order chi connectivity index (χ0) is 20.0. The van der Waals surface area contributed by atoms with E-state index in [1.165, 1.54) is 17.0 Å². The first-order chi connectivity index (χ1) is 12.7. The van der Waals surface area contributed by atoms with Crippen molar-refractivity contribution >= 4 is 11.9 Å². The molecule has 1 aliphatic rings. The average molecular weight is 385 g/mol. The third-order valence-corrected chi connectivity index (χ3v) is 4.72. The molecule has 0 aromatic heterocycles. The number of esters is 1. The Morgan fingerprint density at radius 3 is 2.48 bits per heavy atom. The molecule has 1 aliphatic heterocycles. The molecule has 0 unspecified atom stereocenters. The van der Waals surface area contributed by atoms with Crippen LogP contribution < -0.4 is 0 Å². The van der Waals surface area contributed by atoms with Gasteiger partial charge in [0.2, 0.25) is 0 Å². The lowest BCUT2D eigenvalue weighted by atomic mass is 9.96. The molecule has 7 heteroatoms. The molecule has 4 nitrogen and oxygen atoms in total. The Labute approximate surface area is 157 Å². The van der Waals surface area contributed by atoms with Gasteiger partial charge in [-0.25, -0.2) is 0 Å². The zero-order valence-corrected chi connectivity index (χ0v) is 15.7. The first-order valence-electron chi connectivity index (χ1n) is 9.31. The average Bonchev–Trinajstić information content (AvgIpc) is 2.64. The van der Waals surface area contributed by atoms with Gasteiger partial charge >= 0.3 is 12.1 Å². The third kappa shape index (κ3) is 6.26. The van der Waals surface area contributed by atoms with Crippen LogP contribution in [-0.2, 0) is 15.7 Å². The van der Waals surface area contributed by atoms with E-state index >= 15 is 0 Å². The van der Waals surface area contributed by atoms with Gasteiger partial charge in [0, 0.05) is 18.7 Å². The molecule has 0 bridgehead atoms. The molecule has 1 fully saturated rings. The van der Waals surface area contributed by atoms with Crippen LogP contribution in [0.15, 0.2) is 24.3 Å². The molecule has 0 aliphatic carbocycles. The van der Waals surface area contributed by atoms with Gasteiger partial charge in [-0.05, 0) is 49.8 Å². The number of alkyl halides is 3. The number of halogens is 3. The van der Waals surface area contributed by atoms with E-state index in [0.29, 0.717) is 38.5 Å². The minimum atomic E-state index is -4.48. The van der Waals surface area contributed by atoms with Crippen molar-refractivity contribution in [2.75, 3.05) is 19.7 Å². The van der Waals surface area contributed by atoms with Crippen LogP contribution in [0.25, 0.3) is 0 Å². The minimum Gasteiger partial charge on any atom is -0.465 e. The molecule has 2 rings (SSSR count). The number of nitrogens with zero attached hydrogens (tertiary/aromatic N) is 1. The Bertz CT molecular complexity index is 650. The zero-order valence-electron chi connectivity index (χ0n) is 15.7. The molecule has 1 saturated heterocycles. The van der Waals surface area contributed by atoms with Crippen molar-refractivity contribution in [3.8, 4) is 0 Å². The Kier molecular flexibility index (Phi) is 7.27. The Morgan fingerprint density at radius 1 is 1.22 bits per heavy atom. The van der Waals surface area contributed by atoms with Gasteiger partial charge in [0.05, 0.1) is 18.1 Å². The topological polar surface area (TPSA) is 46.6 Å². The summed E-state index contributed by atoms with van der Waals surface area (Å²) in [6.07, 6.45) is -1.72. The summed E-state index contributed by atoms with van der Waals surface area (Å²) in [5.74, 6) is -0.377. The van der Waals surface area contributed by atoms with E-state index in [9.17, 15) is 22.8 Å². The maximum Gasteiger partial charge on any atom is 0.416 e. The lowest BCUT2D eigenvalue weighted by Crippen LogP contribution is -2.40. The summed E-state index contributed by atoms with van der Waals surface area (Å²) in [5.41, 5.74) is -0.826. The van der Waals surface area contributed by atoms with Crippen LogP contribution in [0.2, 0.25) is 0 Å². The fourth-order valence-corrected chi connectivity index (χ4v) is 3.11. The number of piperidine rings is 1. The van der Waals surface area contributed by atoms with Crippen LogP contribution in [0.3, 0.4) is 0 Å². The SMILES string of the molecule is CC(C)CCCOC(=O)C1CCN(C(=O)c2cccc(C(F)(F)F)c2)CC1. The standard InChI is InChI=1S/C20H26F3NO3/c1-14(2)5-4-12-27-19(26)15-8-10-24(11-9-15)18(25)16-6-3-7-17(13-16)20(21,22)23/h3,6-7,13-15H,4-5,8-12H2,1-2H3. The van der Waals surface area contributed by atoms with Gasteiger partial charge in [-0.15, -0.1) is 0 Å². The molecule has 1 aromatic rings. The first-order valence-corrected chi connectivity index (χ1v) is 9.31. The lowest BCUT2D eigenvalue weighted by molar-refractivity contribution is -0.150. The van der Waals surface area contributed by atoms with Crippen LogP contribution in [0.1, 0.15) is 55.5 Å². The highest BCUT2D eigenvalue weighted by molar-refractivity contribution is 5.94. The molecule has 0 saturated carbocycles.